The number of nitrogens with one attached hydrogen (secondary N) is 3. The lowest BCUT2D eigenvalue weighted by Gasteiger charge is -2.28. The van der Waals surface area contributed by atoms with Crippen LogP contribution in [0.1, 0.15) is 57.1 Å². The third-order valence-electron chi connectivity index (χ3n) is 7.45. The van der Waals surface area contributed by atoms with Crippen molar-refractivity contribution in [3.05, 3.63) is 79.7 Å². The molecule has 1 saturated heterocycles. The van der Waals surface area contributed by atoms with Crippen LogP contribution >= 0.6 is 0 Å². The molecule has 1 aromatic carbocycles. The lowest BCUT2D eigenvalue weighted by molar-refractivity contribution is 0.577. The maximum Gasteiger partial charge on any atom is 0.116 e. The zero-order valence-electron chi connectivity index (χ0n) is 22.5. The van der Waals surface area contributed by atoms with E-state index < -0.39 is 0 Å². The first-order chi connectivity index (χ1) is 19.2. The Balaban J connectivity index is 0.000000864. The molecule has 3 aromatic heterocycles. The number of benzene rings is 1. The second-order valence-electron chi connectivity index (χ2n) is 10.8. The van der Waals surface area contributed by atoms with E-state index in [9.17, 15) is 0 Å². The van der Waals surface area contributed by atoms with Crippen LogP contribution in [0.5, 0.6) is 0 Å². The Morgan fingerprint density at radius 1 is 0.821 bits per heavy atom. The molecule has 3 fully saturated rings. The second kappa shape index (κ2) is 11.3. The summed E-state index contributed by atoms with van der Waals surface area (Å²) >= 11 is 0. The lowest BCUT2D eigenvalue weighted by Crippen LogP contribution is -2.29. The van der Waals surface area contributed by atoms with E-state index in [0.29, 0.717) is 11.6 Å². The maximum absolute atomic E-state index is 4.58. The molecule has 2 saturated carbocycles. The van der Waals surface area contributed by atoms with Crippen molar-refractivity contribution in [2.45, 2.75) is 51.4 Å². The fraction of sp³-hybridized carbons (Fsp3) is 0.344. The fourth-order valence-electron chi connectivity index (χ4n) is 4.87. The van der Waals surface area contributed by atoms with E-state index in [4.69, 9.17) is 0 Å². The van der Waals surface area contributed by atoms with Gasteiger partial charge in [-0.15, -0.1) is 0 Å². The summed E-state index contributed by atoms with van der Waals surface area (Å²) in [6.07, 6.45) is 18.2. The van der Waals surface area contributed by atoms with Crippen LogP contribution in [-0.4, -0.2) is 33.3 Å². The number of fused-ring (bicyclic) bond motifs is 1. The van der Waals surface area contributed by atoms with Crippen LogP contribution < -0.4 is 15.5 Å². The third kappa shape index (κ3) is 6.14. The van der Waals surface area contributed by atoms with E-state index in [-0.39, 0.29) is 0 Å². The van der Waals surface area contributed by atoms with Crippen LogP contribution in [0, 0.1) is 5.92 Å². The first-order valence-electron chi connectivity index (χ1n) is 14.2. The Hall–Kier alpha value is -4.13. The van der Waals surface area contributed by atoms with Crippen molar-refractivity contribution >= 4 is 33.7 Å². The molecule has 3 aliphatic rings. The van der Waals surface area contributed by atoms with E-state index in [2.05, 4.69) is 73.1 Å². The second-order valence-corrected chi connectivity index (χ2v) is 10.8. The van der Waals surface area contributed by atoms with Gasteiger partial charge in [-0.3, -0.25) is 15.1 Å². The molecule has 2 aliphatic carbocycles. The number of aromatic nitrogens is 4. The van der Waals surface area contributed by atoms with Gasteiger partial charge >= 0.3 is 0 Å². The first kappa shape index (κ1) is 25.2. The van der Waals surface area contributed by atoms with Crippen LogP contribution in [0.4, 0.5) is 17.1 Å². The monoisotopic (exact) mass is 519 g/mol. The van der Waals surface area contributed by atoms with E-state index in [0.717, 1.165) is 57.9 Å². The molecule has 0 unspecified atom stereocenters. The number of pyridine rings is 2. The normalized spacial score (nSPS) is 16.3. The van der Waals surface area contributed by atoms with Gasteiger partial charge in [-0.25, -0.2) is 0 Å². The highest BCUT2D eigenvalue weighted by molar-refractivity contribution is 5.96. The molecule has 0 spiro atoms. The number of nitrogens with zero attached hydrogens (tertiary/aromatic N) is 4. The van der Waals surface area contributed by atoms with Crippen LogP contribution in [0.3, 0.4) is 0 Å². The average Bonchev–Trinajstić information content (AvgIpc) is 3.91. The largest absolute Gasteiger partial charge is 0.370 e. The van der Waals surface area contributed by atoms with Crippen molar-refractivity contribution in [1.82, 2.24) is 20.2 Å². The van der Waals surface area contributed by atoms with Crippen molar-refractivity contribution in [3.63, 3.8) is 0 Å². The van der Waals surface area contributed by atoms with Gasteiger partial charge in [-0.2, -0.15) is 5.10 Å². The van der Waals surface area contributed by atoms with Gasteiger partial charge in [-0.1, -0.05) is 38.5 Å². The van der Waals surface area contributed by atoms with Crippen molar-refractivity contribution in [2.75, 3.05) is 28.6 Å². The number of hydrogen-bond donors (Lipinski definition) is 3. The minimum Gasteiger partial charge on any atom is -0.370 e. The van der Waals surface area contributed by atoms with Gasteiger partial charge in [0, 0.05) is 42.1 Å². The highest BCUT2D eigenvalue weighted by Crippen LogP contribution is 2.37. The van der Waals surface area contributed by atoms with Crippen molar-refractivity contribution in [1.29, 1.82) is 0 Å². The zero-order chi connectivity index (χ0) is 26.6. The molecule has 39 heavy (non-hydrogen) atoms. The maximum atomic E-state index is 4.58. The molecule has 0 bridgehead atoms. The van der Waals surface area contributed by atoms with Crippen LogP contribution in [0.2, 0.25) is 0 Å². The van der Waals surface area contributed by atoms with E-state index in [1.165, 1.54) is 57.1 Å². The molecule has 200 valence electrons. The molecular weight excluding hydrogens is 482 g/mol. The molecule has 7 rings (SSSR count). The molecule has 1 aliphatic heterocycles. The third-order valence-corrected chi connectivity index (χ3v) is 7.45. The summed E-state index contributed by atoms with van der Waals surface area (Å²) in [5.74, 6) is 0.561. The number of anilines is 3. The molecule has 7 nitrogen and oxygen atoms in total. The Bertz CT molecular complexity index is 1470. The summed E-state index contributed by atoms with van der Waals surface area (Å²) < 4.78 is 0. The predicted molar refractivity (Wildman–Crippen MR) is 162 cm³/mol. The van der Waals surface area contributed by atoms with Gasteiger partial charge in [-0.05, 0) is 67.9 Å². The Kier molecular flexibility index (Phi) is 7.30. The zero-order valence-corrected chi connectivity index (χ0v) is 22.5. The summed E-state index contributed by atoms with van der Waals surface area (Å²) in [6.45, 7) is 10.7. The molecule has 4 heterocycles. The van der Waals surface area contributed by atoms with E-state index in [1.54, 1.807) is 12.4 Å². The summed E-state index contributed by atoms with van der Waals surface area (Å²) in [5.41, 5.74) is 8.66. The van der Waals surface area contributed by atoms with E-state index >= 15 is 0 Å². The van der Waals surface area contributed by atoms with Crippen molar-refractivity contribution in [3.8, 4) is 11.1 Å². The molecule has 4 aromatic rings. The molecule has 0 atom stereocenters. The molecular formula is C32H37N7. The number of hydrogen-bond acceptors (Lipinski definition) is 6. The Labute approximate surface area is 230 Å². The summed E-state index contributed by atoms with van der Waals surface area (Å²) in [4.78, 5) is 11.3. The van der Waals surface area contributed by atoms with Gasteiger partial charge in [0.05, 0.1) is 40.7 Å². The minimum absolute atomic E-state index is 0.561. The molecule has 3 N–H and O–H groups in total. The van der Waals surface area contributed by atoms with Gasteiger partial charge in [0.1, 0.15) is 5.69 Å². The minimum atomic E-state index is 0.561. The standard InChI is InChI=1S/C29H31N7.C3H6/c1-19(21-6-7-21)32-27-10-11-30-18-28(27)33-20(2)29-25-15-22(8-9-26(25)34-35-29)23-14-24(17-31-16-23)36-12-4-3-5-13-36;1-2-3-1/h8-11,14-18,21,33H,1-7,12-13H2,(H,30,32)(H,34,35);1-3H2. The summed E-state index contributed by atoms with van der Waals surface area (Å²) in [6, 6.07) is 10.5. The van der Waals surface area contributed by atoms with E-state index in [1.807, 2.05) is 18.5 Å². The van der Waals surface area contributed by atoms with Gasteiger partial charge in [0.25, 0.3) is 0 Å². The number of allylic oxidation sites excluding steroid dienone is 1. The smallest absolute Gasteiger partial charge is 0.116 e. The number of piperidine rings is 1. The number of H-pyrrole nitrogens is 1. The quantitative estimate of drug-likeness (QED) is 0.222. The van der Waals surface area contributed by atoms with Gasteiger partial charge in [0.2, 0.25) is 0 Å². The lowest BCUT2D eigenvalue weighted by atomic mass is 10.0. The Morgan fingerprint density at radius 2 is 1.62 bits per heavy atom. The van der Waals surface area contributed by atoms with Gasteiger partial charge < -0.3 is 15.5 Å². The average molecular weight is 520 g/mol. The van der Waals surface area contributed by atoms with Crippen molar-refractivity contribution < 1.29 is 0 Å². The fourth-order valence-corrected chi connectivity index (χ4v) is 4.87. The van der Waals surface area contributed by atoms with Crippen molar-refractivity contribution in [2.24, 2.45) is 5.92 Å². The molecule has 0 radical (unpaired) electrons. The molecule has 7 heteroatoms. The van der Waals surface area contributed by atoms with Gasteiger partial charge in [0.15, 0.2) is 0 Å². The summed E-state index contributed by atoms with van der Waals surface area (Å²) in [5, 5.41) is 15.6. The first-order valence-corrected chi connectivity index (χ1v) is 14.2. The SMILES string of the molecule is C1CC1.C=C(Nc1cnccc1NC(=C)C1CC1)c1n[nH]c2ccc(-c3cncc(N4CCCCC4)c3)cc12. The predicted octanol–water partition coefficient (Wildman–Crippen LogP) is 7.60. The van der Waals surface area contributed by atoms with Crippen LogP contribution in [0.25, 0.3) is 27.7 Å². The number of aromatic amines is 1. The Morgan fingerprint density at radius 3 is 2.38 bits per heavy atom. The highest BCUT2D eigenvalue weighted by atomic mass is 15.1. The topological polar surface area (TPSA) is 81.8 Å². The van der Waals surface area contributed by atoms with Crippen LogP contribution in [-0.2, 0) is 0 Å². The number of rotatable bonds is 8. The van der Waals surface area contributed by atoms with Crippen LogP contribution in [0.15, 0.2) is 74.0 Å². The molecule has 0 amide bonds. The summed E-state index contributed by atoms with van der Waals surface area (Å²) in [7, 11) is 0. The highest BCUT2D eigenvalue weighted by Gasteiger charge is 2.25.